The number of benzene rings is 2. The summed E-state index contributed by atoms with van der Waals surface area (Å²) in [4.78, 5) is 39.1. The number of rotatable bonds is 6. The molecule has 2 aliphatic heterocycles. The Hall–Kier alpha value is -3.59. The van der Waals surface area contributed by atoms with Crippen molar-refractivity contribution in [1.82, 2.24) is 0 Å². The Bertz CT molecular complexity index is 987. The Balaban J connectivity index is 1.27. The topological polar surface area (TPSA) is 106 Å². The van der Waals surface area contributed by atoms with Gasteiger partial charge in [-0.1, -0.05) is 12.1 Å². The maximum Gasteiger partial charge on any atom is 0.310 e. The van der Waals surface area contributed by atoms with Gasteiger partial charge >= 0.3 is 5.97 Å². The molecular weight excluding hydrogens is 414 g/mol. The lowest BCUT2D eigenvalue weighted by Crippen LogP contribution is -2.40. The number of carbonyl (C=O) groups excluding carboxylic acids is 3. The number of para-hydroxylation sites is 2. The van der Waals surface area contributed by atoms with Crippen LogP contribution in [0.4, 0.5) is 17.1 Å². The third-order valence-corrected chi connectivity index (χ3v) is 5.25. The summed E-state index contributed by atoms with van der Waals surface area (Å²) in [6, 6.07) is 14.4. The number of morpholine rings is 1. The highest BCUT2D eigenvalue weighted by molar-refractivity contribution is 6.00. The molecule has 2 heterocycles. The minimum atomic E-state index is -1.03. The molecule has 2 unspecified atom stereocenters. The van der Waals surface area contributed by atoms with Gasteiger partial charge in [0.2, 0.25) is 0 Å². The highest BCUT2D eigenvalue weighted by Gasteiger charge is 2.31. The summed E-state index contributed by atoms with van der Waals surface area (Å²) < 4.78 is 16.2. The summed E-state index contributed by atoms with van der Waals surface area (Å²) in [5.41, 5.74) is 2.20. The van der Waals surface area contributed by atoms with Crippen molar-refractivity contribution >= 4 is 34.8 Å². The molecule has 4 rings (SSSR count). The fraction of sp³-hybridized carbons (Fsp3) is 0.348. The molecule has 0 bridgehead atoms. The summed E-state index contributed by atoms with van der Waals surface area (Å²) in [5, 5.41) is 5.42. The molecule has 0 aromatic heterocycles. The van der Waals surface area contributed by atoms with Crippen molar-refractivity contribution < 1.29 is 28.6 Å². The lowest BCUT2D eigenvalue weighted by atomic mass is 10.1. The summed E-state index contributed by atoms with van der Waals surface area (Å²) in [6.45, 7) is 4.52. The van der Waals surface area contributed by atoms with E-state index in [0.717, 1.165) is 18.8 Å². The smallest absolute Gasteiger partial charge is 0.310 e. The quantitative estimate of drug-likeness (QED) is 0.665. The lowest BCUT2D eigenvalue weighted by molar-refractivity contribution is -0.155. The minimum Gasteiger partial charge on any atom is -0.478 e. The van der Waals surface area contributed by atoms with Gasteiger partial charge in [0.25, 0.3) is 11.8 Å². The normalized spacial score (nSPS) is 18.6. The summed E-state index contributed by atoms with van der Waals surface area (Å²) >= 11 is 0. The van der Waals surface area contributed by atoms with Crippen molar-refractivity contribution in [3.05, 3.63) is 48.5 Å². The van der Waals surface area contributed by atoms with Gasteiger partial charge in [-0.15, -0.1) is 0 Å². The molecular formula is C23H25N3O6. The second-order valence-corrected chi connectivity index (χ2v) is 7.56. The van der Waals surface area contributed by atoms with Gasteiger partial charge in [0.15, 0.2) is 12.2 Å². The first-order valence-electron chi connectivity index (χ1n) is 10.5. The maximum absolute atomic E-state index is 12.4. The van der Waals surface area contributed by atoms with Crippen molar-refractivity contribution in [3.63, 3.8) is 0 Å². The van der Waals surface area contributed by atoms with E-state index in [9.17, 15) is 14.4 Å². The summed E-state index contributed by atoms with van der Waals surface area (Å²) in [6.07, 6.45) is -2.34. The third kappa shape index (κ3) is 5.17. The van der Waals surface area contributed by atoms with E-state index in [4.69, 9.17) is 14.2 Å². The fourth-order valence-electron chi connectivity index (χ4n) is 3.50. The number of nitrogens with one attached hydrogen (secondary N) is 2. The molecule has 0 spiro atoms. The average Bonchev–Trinajstić information content (AvgIpc) is 2.80. The third-order valence-electron chi connectivity index (χ3n) is 5.25. The number of nitrogens with zero attached hydrogens (tertiary/aromatic N) is 1. The standard InChI is InChI=1S/C23H25N3O6/c1-15(22(28)24-16-6-8-17(9-7-16)26-10-12-30-13-11-26)31-21(27)14-20-23(29)25-18-4-2-3-5-19(18)32-20/h2-9,15,20H,10-14H2,1H3,(H,24,28)(H,25,29). The second kappa shape index (κ2) is 9.69. The fourth-order valence-corrected chi connectivity index (χ4v) is 3.50. The number of esters is 1. The number of carbonyl (C=O) groups is 3. The van der Waals surface area contributed by atoms with Crippen LogP contribution in [0.1, 0.15) is 13.3 Å². The van der Waals surface area contributed by atoms with Crippen LogP contribution in [0.3, 0.4) is 0 Å². The molecule has 1 saturated heterocycles. The Kier molecular flexibility index (Phi) is 6.55. The van der Waals surface area contributed by atoms with E-state index in [0.29, 0.717) is 30.3 Å². The van der Waals surface area contributed by atoms with E-state index in [-0.39, 0.29) is 6.42 Å². The number of amides is 2. The Morgan fingerprint density at radius 2 is 1.88 bits per heavy atom. The van der Waals surface area contributed by atoms with Gasteiger partial charge in [-0.05, 0) is 43.3 Å². The molecule has 168 valence electrons. The van der Waals surface area contributed by atoms with Crippen molar-refractivity contribution in [2.75, 3.05) is 41.8 Å². The van der Waals surface area contributed by atoms with Crippen molar-refractivity contribution in [2.45, 2.75) is 25.6 Å². The van der Waals surface area contributed by atoms with E-state index in [1.165, 1.54) is 6.92 Å². The van der Waals surface area contributed by atoms with Crippen LogP contribution in [0.5, 0.6) is 5.75 Å². The number of anilines is 3. The number of hydrogen-bond donors (Lipinski definition) is 2. The molecule has 0 aliphatic carbocycles. The maximum atomic E-state index is 12.4. The van der Waals surface area contributed by atoms with Crippen LogP contribution < -0.4 is 20.3 Å². The zero-order valence-electron chi connectivity index (χ0n) is 17.7. The molecule has 0 radical (unpaired) electrons. The monoisotopic (exact) mass is 439 g/mol. The predicted octanol–water partition coefficient (Wildman–Crippen LogP) is 2.18. The van der Waals surface area contributed by atoms with Gasteiger partial charge in [0, 0.05) is 24.5 Å². The van der Waals surface area contributed by atoms with Gasteiger partial charge in [0.1, 0.15) is 5.75 Å². The second-order valence-electron chi connectivity index (χ2n) is 7.56. The Morgan fingerprint density at radius 1 is 1.16 bits per heavy atom. The molecule has 32 heavy (non-hydrogen) atoms. The van der Waals surface area contributed by atoms with Crippen molar-refractivity contribution in [2.24, 2.45) is 0 Å². The van der Waals surface area contributed by atoms with E-state index >= 15 is 0 Å². The lowest BCUT2D eigenvalue weighted by Gasteiger charge is -2.29. The van der Waals surface area contributed by atoms with Crippen molar-refractivity contribution in [1.29, 1.82) is 0 Å². The minimum absolute atomic E-state index is 0.300. The molecule has 2 atom stereocenters. The highest BCUT2D eigenvalue weighted by Crippen LogP contribution is 2.29. The molecule has 9 nitrogen and oxygen atoms in total. The number of ether oxygens (including phenoxy) is 3. The van der Waals surface area contributed by atoms with Gasteiger partial charge in [-0.2, -0.15) is 0 Å². The van der Waals surface area contributed by atoms with Gasteiger partial charge < -0.3 is 29.7 Å². The van der Waals surface area contributed by atoms with Crippen LogP contribution in [0.2, 0.25) is 0 Å². The molecule has 9 heteroatoms. The van der Waals surface area contributed by atoms with Crippen LogP contribution in [0.25, 0.3) is 0 Å². The zero-order chi connectivity index (χ0) is 22.5. The first-order valence-corrected chi connectivity index (χ1v) is 10.5. The van der Waals surface area contributed by atoms with Crippen LogP contribution in [0, 0.1) is 0 Å². The molecule has 2 aliphatic rings. The Labute approximate surface area is 185 Å². The van der Waals surface area contributed by atoms with Gasteiger partial charge in [-0.25, -0.2) is 0 Å². The number of hydrogen-bond acceptors (Lipinski definition) is 7. The Morgan fingerprint density at radius 3 is 2.62 bits per heavy atom. The van der Waals surface area contributed by atoms with E-state index in [1.807, 2.05) is 12.1 Å². The average molecular weight is 439 g/mol. The first-order chi connectivity index (χ1) is 15.5. The largest absolute Gasteiger partial charge is 0.478 e. The van der Waals surface area contributed by atoms with Crippen LogP contribution in [0.15, 0.2) is 48.5 Å². The molecule has 2 aromatic carbocycles. The molecule has 1 fully saturated rings. The van der Waals surface area contributed by atoms with Crippen LogP contribution in [-0.4, -0.2) is 56.3 Å². The van der Waals surface area contributed by atoms with Crippen LogP contribution in [-0.2, 0) is 23.9 Å². The molecule has 2 N–H and O–H groups in total. The van der Waals surface area contributed by atoms with Gasteiger partial charge in [0.05, 0.1) is 25.3 Å². The molecule has 2 aromatic rings. The van der Waals surface area contributed by atoms with Crippen molar-refractivity contribution in [3.8, 4) is 5.75 Å². The first kappa shape index (κ1) is 21.6. The molecule has 0 saturated carbocycles. The van der Waals surface area contributed by atoms with E-state index < -0.39 is 30.0 Å². The zero-order valence-corrected chi connectivity index (χ0v) is 17.7. The van der Waals surface area contributed by atoms with Crippen LogP contribution >= 0.6 is 0 Å². The molecule has 2 amide bonds. The van der Waals surface area contributed by atoms with E-state index in [1.54, 1.807) is 36.4 Å². The number of fused-ring (bicyclic) bond motifs is 1. The predicted molar refractivity (Wildman–Crippen MR) is 118 cm³/mol. The SMILES string of the molecule is CC(OC(=O)CC1Oc2ccccc2NC1=O)C(=O)Nc1ccc(N2CCOCC2)cc1. The summed E-state index contributed by atoms with van der Waals surface area (Å²) in [7, 11) is 0. The highest BCUT2D eigenvalue weighted by atomic mass is 16.6. The van der Waals surface area contributed by atoms with Gasteiger partial charge in [-0.3, -0.25) is 14.4 Å². The van der Waals surface area contributed by atoms with E-state index in [2.05, 4.69) is 15.5 Å². The summed E-state index contributed by atoms with van der Waals surface area (Å²) in [5.74, 6) is -1.11.